The minimum absolute atomic E-state index is 0.0135. The third kappa shape index (κ3) is 3.59. The average molecular weight is 382 g/mol. The summed E-state index contributed by atoms with van der Waals surface area (Å²) in [6, 6.07) is 12.5. The van der Waals surface area contributed by atoms with Gasteiger partial charge in [-0.1, -0.05) is 0 Å². The molecule has 28 heavy (non-hydrogen) atoms. The fourth-order valence-corrected chi connectivity index (χ4v) is 4.45. The summed E-state index contributed by atoms with van der Waals surface area (Å²) in [7, 11) is 0. The number of nitrogens with zero attached hydrogens (tertiary/aromatic N) is 1. The third-order valence-electron chi connectivity index (χ3n) is 5.96. The van der Waals surface area contributed by atoms with Crippen LogP contribution in [0.2, 0.25) is 0 Å². The summed E-state index contributed by atoms with van der Waals surface area (Å²) in [6.45, 7) is 3.25. The SMILES string of the molecule is O=C(NC1CC2CCC1N2)c1ccc(Oc2ccc(N3CCOCC3)[nH]2)cc1. The van der Waals surface area contributed by atoms with Crippen LogP contribution in [0.1, 0.15) is 29.6 Å². The van der Waals surface area contributed by atoms with E-state index in [0.717, 1.165) is 45.0 Å². The van der Waals surface area contributed by atoms with Crippen molar-refractivity contribution in [1.29, 1.82) is 0 Å². The van der Waals surface area contributed by atoms with Gasteiger partial charge in [0.1, 0.15) is 11.6 Å². The molecular weight excluding hydrogens is 356 g/mol. The van der Waals surface area contributed by atoms with Crippen LogP contribution in [0.3, 0.4) is 0 Å². The number of hydrogen-bond donors (Lipinski definition) is 3. The molecule has 148 valence electrons. The predicted molar refractivity (Wildman–Crippen MR) is 106 cm³/mol. The second kappa shape index (κ2) is 7.48. The maximum atomic E-state index is 12.5. The Bertz CT molecular complexity index is 828. The van der Waals surface area contributed by atoms with Crippen molar-refractivity contribution >= 4 is 11.7 Å². The van der Waals surface area contributed by atoms with Gasteiger partial charge in [-0.05, 0) is 49.6 Å². The summed E-state index contributed by atoms with van der Waals surface area (Å²) in [6.07, 6.45) is 3.43. The highest BCUT2D eigenvalue weighted by atomic mass is 16.5. The van der Waals surface area contributed by atoms with E-state index in [1.165, 1.54) is 6.42 Å². The Morgan fingerprint density at radius 1 is 1.11 bits per heavy atom. The van der Waals surface area contributed by atoms with Crippen LogP contribution in [0.5, 0.6) is 11.6 Å². The molecule has 3 N–H and O–H groups in total. The number of aromatic amines is 1. The normalized spacial score (nSPS) is 26.4. The molecule has 4 heterocycles. The molecule has 1 aromatic heterocycles. The Labute approximate surface area is 164 Å². The van der Waals surface area contributed by atoms with Crippen LogP contribution in [0.15, 0.2) is 36.4 Å². The summed E-state index contributed by atoms with van der Waals surface area (Å²) in [5, 5.41) is 6.72. The third-order valence-corrected chi connectivity index (χ3v) is 5.96. The number of hydrogen-bond acceptors (Lipinski definition) is 5. The van der Waals surface area contributed by atoms with Gasteiger partial charge >= 0.3 is 0 Å². The van der Waals surface area contributed by atoms with Crippen LogP contribution in [0.4, 0.5) is 5.82 Å². The molecule has 3 fully saturated rings. The van der Waals surface area contributed by atoms with Crippen LogP contribution < -0.4 is 20.3 Å². The van der Waals surface area contributed by atoms with Crippen molar-refractivity contribution in [3.05, 3.63) is 42.0 Å². The van der Waals surface area contributed by atoms with Crippen molar-refractivity contribution in [3.63, 3.8) is 0 Å². The number of benzene rings is 1. The van der Waals surface area contributed by atoms with Crippen molar-refractivity contribution in [2.24, 2.45) is 0 Å². The van der Waals surface area contributed by atoms with Crippen LogP contribution in [-0.2, 0) is 4.74 Å². The summed E-state index contributed by atoms with van der Waals surface area (Å²) in [5.41, 5.74) is 0.663. The van der Waals surface area contributed by atoms with Gasteiger partial charge in [-0.25, -0.2) is 0 Å². The lowest BCUT2D eigenvalue weighted by atomic mass is 9.95. The summed E-state index contributed by atoms with van der Waals surface area (Å²) >= 11 is 0. The van der Waals surface area contributed by atoms with E-state index in [-0.39, 0.29) is 11.9 Å². The quantitative estimate of drug-likeness (QED) is 0.739. The minimum Gasteiger partial charge on any atom is -0.441 e. The van der Waals surface area contributed by atoms with E-state index in [1.54, 1.807) is 0 Å². The first-order valence-electron chi connectivity index (χ1n) is 10.1. The second-order valence-electron chi connectivity index (χ2n) is 7.80. The van der Waals surface area contributed by atoms with E-state index in [0.29, 0.717) is 29.3 Å². The zero-order chi connectivity index (χ0) is 18.9. The molecule has 2 aromatic rings. The number of rotatable bonds is 5. The molecule has 3 unspecified atom stereocenters. The van der Waals surface area contributed by atoms with E-state index in [9.17, 15) is 4.79 Å². The van der Waals surface area contributed by atoms with Gasteiger partial charge in [-0.15, -0.1) is 0 Å². The number of carbonyl (C=O) groups excluding carboxylic acids is 1. The van der Waals surface area contributed by atoms with Gasteiger partial charge in [0.15, 0.2) is 5.88 Å². The number of H-pyrrole nitrogens is 1. The molecule has 3 aliphatic rings. The lowest BCUT2D eigenvalue weighted by Gasteiger charge is -2.27. The standard InChI is InChI=1S/C21H26N4O3/c26-21(23-18-13-15-3-6-17(18)22-15)14-1-4-16(5-2-14)28-20-8-7-19(24-20)25-9-11-27-12-10-25/h1-2,4-5,7-8,15,17-18,22,24H,3,6,9-13H2,(H,23,26). The highest BCUT2D eigenvalue weighted by molar-refractivity contribution is 5.94. The van der Waals surface area contributed by atoms with Crippen molar-refractivity contribution in [1.82, 2.24) is 15.6 Å². The highest BCUT2D eigenvalue weighted by Crippen LogP contribution is 2.29. The first kappa shape index (κ1) is 17.6. The van der Waals surface area contributed by atoms with Crippen molar-refractivity contribution < 1.29 is 14.3 Å². The Morgan fingerprint density at radius 2 is 1.93 bits per heavy atom. The molecule has 0 spiro atoms. The van der Waals surface area contributed by atoms with Crippen LogP contribution in [0, 0.1) is 0 Å². The maximum Gasteiger partial charge on any atom is 0.251 e. The Balaban J connectivity index is 1.18. The van der Waals surface area contributed by atoms with E-state index >= 15 is 0 Å². The number of ether oxygens (including phenoxy) is 2. The van der Waals surface area contributed by atoms with Crippen LogP contribution in [0.25, 0.3) is 0 Å². The van der Waals surface area contributed by atoms with Gasteiger partial charge in [0.25, 0.3) is 5.91 Å². The zero-order valence-corrected chi connectivity index (χ0v) is 15.8. The molecular formula is C21H26N4O3. The molecule has 0 aliphatic carbocycles. The van der Waals surface area contributed by atoms with Crippen molar-refractivity contribution in [2.45, 2.75) is 37.4 Å². The van der Waals surface area contributed by atoms with E-state index in [2.05, 4.69) is 20.5 Å². The van der Waals surface area contributed by atoms with E-state index < -0.39 is 0 Å². The zero-order valence-electron chi connectivity index (χ0n) is 15.8. The molecule has 7 heteroatoms. The minimum atomic E-state index is -0.0135. The first-order valence-corrected chi connectivity index (χ1v) is 10.1. The summed E-state index contributed by atoms with van der Waals surface area (Å²) in [4.78, 5) is 18.1. The van der Waals surface area contributed by atoms with Gasteiger partial charge in [-0.2, -0.15) is 0 Å². The molecule has 3 saturated heterocycles. The maximum absolute atomic E-state index is 12.5. The van der Waals surface area contributed by atoms with Gasteiger partial charge in [0.2, 0.25) is 0 Å². The van der Waals surface area contributed by atoms with Crippen LogP contribution in [-0.4, -0.2) is 55.3 Å². The molecule has 0 saturated carbocycles. The lowest BCUT2D eigenvalue weighted by Crippen LogP contribution is -2.42. The molecule has 5 rings (SSSR count). The predicted octanol–water partition coefficient (Wildman–Crippen LogP) is 2.27. The first-order chi connectivity index (χ1) is 13.7. The Kier molecular flexibility index (Phi) is 4.70. The van der Waals surface area contributed by atoms with E-state index in [4.69, 9.17) is 9.47 Å². The van der Waals surface area contributed by atoms with Gasteiger partial charge in [-0.3, -0.25) is 4.79 Å². The fourth-order valence-electron chi connectivity index (χ4n) is 4.45. The van der Waals surface area contributed by atoms with Gasteiger partial charge in [0.05, 0.1) is 13.2 Å². The number of fused-ring (bicyclic) bond motifs is 2. The number of anilines is 1. The summed E-state index contributed by atoms with van der Waals surface area (Å²) < 4.78 is 11.3. The Hall–Kier alpha value is -2.51. The number of amides is 1. The van der Waals surface area contributed by atoms with Crippen molar-refractivity contribution in [3.8, 4) is 11.6 Å². The molecule has 1 aromatic carbocycles. The highest BCUT2D eigenvalue weighted by Gasteiger charge is 2.39. The fraction of sp³-hybridized carbons (Fsp3) is 0.476. The largest absolute Gasteiger partial charge is 0.441 e. The average Bonchev–Trinajstić information content (AvgIpc) is 3.46. The Morgan fingerprint density at radius 3 is 2.64 bits per heavy atom. The topological polar surface area (TPSA) is 78.6 Å². The second-order valence-corrected chi connectivity index (χ2v) is 7.80. The molecule has 0 radical (unpaired) electrons. The van der Waals surface area contributed by atoms with E-state index in [1.807, 2.05) is 36.4 Å². The van der Waals surface area contributed by atoms with Gasteiger partial charge < -0.3 is 30.0 Å². The summed E-state index contributed by atoms with van der Waals surface area (Å²) in [5.74, 6) is 2.41. The smallest absolute Gasteiger partial charge is 0.251 e. The van der Waals surface area contributed by atoms with Crippen molar-refractivity contribution in [2.75, 3.05) is 31.2 Å². The van der Waals surface area contributed by atoms with Gasteiger partial charge in [0, 0.05) is 42.8 Å². The number of aromatic nitrogens is 1. The number of nitrogens with one attached hydrogen (secondary N) is 3. The molecule has 1 amide bonds. The molecule has 2 bridgehead atoms. The monoisotopic (exact) mass is 382 g/mol. The number of carbonyl (C=O) groups is 1. The molecule has 7 nitrogen and oxygen atoms in total. The molecule has 3 aliphatic heterocycles. The lowest BCUT2D eigenvalue weighted by molar-refractivity contribution is 0.0931. The number of morpholine rings is 1. The molecule has 3 atom stereocenters. The van der Waals surface area contributed by atoms with Crippen LogP contribution >= 0.6 is 0 Å².